The van der Waals surface area contributed by atoms with Crippen LogP contribution in [0.5, 0.6) is 5.75 Å². The minimum Gasteiger partial charge on any atom is -0.495 e. The summed E-state index contributed by atoms with van der Waals surface area (Å²) in [5.74, 6) is -0.193. The molecular formula is C14H19NO4. The van der Waals surface area contributed by atoms with Gasteiger partial charge in [0.25, 0.3) is 5.91 Å². The van der Waals surface area contributed by atoms with Gasteiger partial charge < -0.3 is 14.8 Å². The van der Waals surface area contributed by atoms with E-state index in [9.17, 15) is 9.59 Å². The van der Waals surface area contributed by atoms with Crippen LogP contribution < -0.4 is 10.1 Å². The molecule has 1 aromatic carbocycles. The number of carbonyl (C=O) groups is 2. The summed E-state index contributed by atoms with van der Waals surface area (Å²) in [4.78, 5) is 23.2. The lowest BCUT2D eigenvalue weighted by Crippen LogP contribution is -2.30. The van der Waals surface area contributed by atoms with Crippen LogP contribution in [0.4, 0.5) is 5.69 Å². The zero-order chi connectivity index (χ0) is 14.3. The molecule has 19 heavy (non-hydrogen) atoms. The number of anilines is 1. The van der Waals surface area contributed by atoms with Crippen LogP contribution in [0.2, 0.25) is 0 Å². The first-order valence-corrected chi connectivity index (χ1v) is 6.21. The third-order valence-electron chi connectivity index (χ3n) is 2.50. The molecule has 0 saturated heterocycles. The van der Waals surface area contributed by atoms with Gasteiger partial charge in [0.05, 0.1) is 12.8 Å². The average molecular weight is 265 g/mol. The fourth-order valence-corrected chi connectivity index (χ4v) is 1.50. The van der Waals surface area contributed by atoms with Crippen molar-refractivity contribution in [3.63, 3.8) is 0 Å². The fourth-order valence-electron chi connectivity index (χ4n) is 1.50. The number of carbonyl (C=O) groups excluding carboxylic acids is 2. The highest BCUT2D eigenvalue weighted by Gasteiger charge is 2.18. The molecule has 5 nitrogen and oxygen atoms in total. The van der Waals surface area contributed by atoms with Gasteiger partial charge in [-0.05, 0) is 25.5 Å². The maximum Gasteiger partial charge on any atom is 0.306 e. The smallest absolute Gasteiger partial charge is 0.306 e. The molecule has 0 aromatic heterocycles. The molecule has 0 radical (unpaired) electrons. The van der Waals surface area contributed by atoms with Crippen LogP contribution >= 0.6 is 0 Å². The standard InChI is InChI=1S/C14H19NO4/c1-4-7-13(16)19-10(2)14(17)15-11-8-5-6-9-12(11)18-3/h5-6,8-10H,4,7H2,1-3H3,(H,15,17)/t10-/m0/s1. The normalized spacial score (nSPS) is 11.5. The quantitative estimate of drug-likeness (QED) is 0.802. The molecule has 0 saturated carbocycles. The highest BCUT2D eigenvalue weighted by Crippen LogP contribution is 2.23. The molecule has 0 unspecified atom stereocenters. The van der Waals surface area contributed by atoms with Crippen LogP contribution in [0.1, 0.15) is 26.7 Å². The van der Waals surface area contributed by atoms with Gasteiger partial charge in [0.1, 0.15) is 5.75 Å². The summed E-state index contributed by atoms with van der Waals surface area (Å²) in [5, 5.41) is 2.67. The van der Waals surface area contributed by atoms with E-state index in [1.165, 1.54) is 14.0 Å². The summed E-state index contributed by atoms with van der Waals surface area (Å²) in [5.41, 5.74) is 0.549. The molecule has 1 aromatic rings. The van der Waals surface area contributed by atoms with Crippen molar-refractivity contribution in [1.29, 1.82) is 0 Å². The first kappa shape index (κ1) is 15.0. The van der Waals surface area contributed by atoms with Crippen LogP contribution in [-0.4, -0.2) is 25.1 Å². The van der Waals surface area contributed by atoms with E-state index in [1.54, 1.807) is 24.3 Å². The summed E-state index contributed by atoms with van der Waals surface area (Å²) in [6, 6.07) is 7.05. The number of amides is 1. The van der Waals surface area contributed by atoms with Gasteiger partial charge in [0.15, 0.2) is 6.10 Å². The molecule has 0 fully saturated rings. The lowest BCUT2D eigenvalue weighted by atomic mass is 10.2. The molecule has 5 heteroatoms. The number of hydrogen-bond acceptors (Lipinski definition) is 4. The van der Waals surface area contributed by atoms with Gasteiger partial charge in [-0.25, -0.2) is 0 Å². The lowest BCUT2D eigenvalue weighted by molar-refractivity contribution is -0.153. The minimum atomic E-state index is -0.830. The van der Waals surface area contributed by atoms with Crippen molar-refractivity contribution < 1.29 is 19.1 Å². The molecule has 104 valence electrons. The fraction of sp³-hybridized carbons (Fsp3) is 0.429. The Balaban J connectivity index is 2.61. The summed E-state index contributed by atoms with van der Waals surface area (Å²) < 4.78 is 10.1. The molecule has 0 aliphatic heterocycles. The monoisotopic (exact) mass is 265 g/mol. The molecule has 0 spiro atoms. The average Bonchev–Trinajstić information content (AvgIpc) is 2.39. The molecule has 1 N–H and O–H groups in total. The van der Waals surface area contributed by atoms with E-state index in [0.717, 1.165) is 0 Å². The van der Waals surface area contributed by atoms with Crippen molar-refractivity contribution in [2.24, 2.45) is 0 Å². The minimum absolute atomic E-state index is 0.312. The van der Waals surface area contributed by atoms with E-state index in [-0.39, 0.29) is 11.9 Å². The molecule has 0 aliphatic carbocycles. The van der Waals surface area contributed by atoms with Crippen molar-refractivity contribution in [1.82, 2.24) is 0 Å². The Morgan fingerprint density at radius 3 is 2.63 bits per heavy atom. The second kappa shape index (κ2) is 7.41. The summed E-state index contributed by atoms with van der Waals surface area (Å²) in [7, 11) is 1.52. The summed E-state index contributed by atoms with van der Waals surface area (Å²) in [6.07, 6.45) is 0.176. The zero-order valence-corrected chi connectivity index (χ0v) is 11.4. The van der Waals surface area contributed by atoms with E-state index in [0.29, 0.717) is 24.3 Å². The largest absolute Gasteiger partial charge is 0.495 e. The number of ether oxygens (including phenoxy) is 2. The Kier molecular flexibility index (Phi) is 5.85. The molecule has 0 aliphatic rings. The van der Waals surface area contributed by atoms with Crippen molar-refractivity contribution in [3.05, 3.63) is 24.3 Å². The highest BCUT2D eigenvalue weighted by atomic mass is 16.5. The van der Waals surface area contributed by atoms with E-state index in [1.807, 2.05) is 6.92 Å². The maximum absolute atomic E-state index is 11.9. The number of esters is 1. The Bertz CT molecular complexity index is 445. The van der Waals surface area contributed by atoms with Crippen LogP contribution in [0.15, 0.2) is 24.3 Å². The Morgan fingerprint density at radius 2 is 2.00 bits per heavy atom. The maximum atomic E-state index is 11.9. The summed E-state index contributed by atoms with van der Waals surface area (Å²) in [6.45, 7) is 3.42. The predicted octanol–water partition coefficient (Wildman–Crippen LogP) is 2.37. The van der Waals surface area contributed by atoms with Gasteiger partial charge in [-0.2, -0.15) is 0 Å². The van der Waals surface area contributed by atoms with E-state index in [4.69, 9.17) is 9.47 Å². The number of methoxy groups -OCH3 is 1. The Labute approximate surface area is 112 Å². The van der Waals surface area contributed by atoms with Crippen molar-refractivity contribution in [2.45, 2.75) is 32.8 Å². The van der Waals surface area contributed by atoms with Crippen molar-refractivity contribution in [2.75, 3.05) is 12.4 Å². The number of nitrogens with one attached hydrogen (secondary N) is 1. The van der Waals surface area contributed by atoms with Crippen LogP contribution in [0.25, 0.3) is 0 Å². The third-order valence-corrected chi connectivity index (χ3v) is 2.50. The number of hydrogen-bond donors (Lipinski definition) is 1. The molecule has 1 amide bonds. The van der Waals surface area contributed by atoms with Gasteiger partial charge in [0, 0.05) is 6.42 Å². The molecule has 0 heterocycles. The van der Waals surface area contributed by atoms with Crippen molar-refractivity contribution >= 4 is 17.6 Å². The third kappa shape index (κ3) is 4.62. The Morgan fingerprint density at radius 1 is 1.32 bits per heavy atom. The number of para-hydroxylation sites is 2. The summed E-state index contributed by atoms with van der Waals surface area (Å²) >= 11 is 0. The second-order valence-electron chi connectivity index (χ2n) is 4.07. The Hall–Kier alpha value is -2.04. The molecule has 1 rings (SSSR count). The van der Waals surface area contributed by atoms with Crippen LogP contribution in [-0.2, 0) is 14.3 Å². The van der Waals surface area contributed by atoms with Gasteiger partial charge >= 0.3 is 5.97 Å². The van der Waals surface area contributed by atoms with Crippen molar-refractivity contribution in [3.8, 4) is 5.75 Å². The number of rotatable bonds is 6. The molecular weight excluding hydrogens is 246 g/mol. The van der Waals surface area contributed by atoms with E-state index in [2.05, 4.69) is 5.32 Å². The van der Waals surface area contributed by atoms with E-state index < -0.39 is 6.10 Å². The van der Waals surface area contributed by atoms with Gasteiger partial charge in [-0.15, -0.1) is 0 Å². The SMILES string of the molecule is CCCC(=O)O[C@@H](C)C(=O)Nc1ccccc1OC. The lowest BCUT2D eigenvalue weighted by Gasteiger charge is -2.14. The highest BCUT2D eigenvalue weighted by molar-refractivity contribution is 5.96. The second-order valence-corrected chi connectivity index (χ2v) is 4.07. The predicted molar refractivity (Wildman–Crippen MR) is 72.1 cm³/mol. The first-order chi connectivity index (χ1) is 9.08. The zero-order valence-electron chi connectivity index (χ0n) is 11.4. The molecule has 1 atom stereocenters. The van der Waals surface area contributed by atoms with Crippen LogP contribution in [0, 0.1) is 0 Å². The first-order valence-electron chi connectivity index (χ1n) is 6.21. The van der Waals surface area contributed by atoms with Crippen LogP contribution in [0.3, 0.4) is 0 Å². The molecule has 0 bridgehead atoms. The topological polar surface area (TPSA) is 64.6 Å². The number of benzene rings is 1. The van der Waals surface area contributed by atoms with Gasteiger partial charge in [-0.3, -0.25) is 9.59 Å². The van der Waals surface area contributed by atoms with E-state index >= 15 is 0 Å². The van der Waals surface area contributed by atoms with Gasteiger partial charge in [0.2, 0.25) is 0 Å². The van der Waals surface area contributed by atoms with Gasteiger partial charge in [-0.1, -0.05) is 19.1 Å².